The van der Waals surface area contributed by atoms with Gasteiger partial charge in [0.1, 0.15) is 5.52 Å². The molecule has 0 atom stereocenters. The zero-order valence-electron chi connectivity index (χ0n) is 12.0. The van der Waals surface area contributed by atoms with Crippen LogP contribution in [0.2, 0.25) is 0 Å². The number of aromatic nitrogens is 1. The SMILES string of the molecule is NC(=O)c1ccc(NC(=O)/C=C/c2nc3ccccc3o2)cc1. The molecule has 0 aliphatic heterocycles. The molecular weight excluding hydrogens is 294 g/mol. The minimum atomic E-state index is -0.515. The highest BCUT2D eigenvalue weighted by atomic mass is 16.3. The number of nitrogens with two attached hydrogens (primary N) is 1. The molecule has 0 fully saturated rings. The summed E-state index contributed by atoms with van der Waals surface area (Å²) in [5.41, 5.74) is 7.48. The van der Waals surface area contributed by atoms with Crippen LogP contribution >= 0.6 is 0 Å². The van der Waals surface area contributed by atoms with Gasteiger partial charge in [0.25, 0.3) is 0 Å². The fraction of sp³-hybridized carbons (Fsp3) is 0. The lowest BCUT2D eigenvalue weighted by molar-refractivity contribution is -0.111. The van der Waals surface area contributed by atoms with E-state index in [1.54, 1.807) is 30.3 Å². The quantitative estimate of drug-likeness (QED) is 0.724. The van der Waals surface area contributed by atoms with Crippen molar-refractivity contribution in [2.45, 2.75) is 0 Å². The molecule has 1 aromatic heterocycles. The van der Waals surface area contributed by atoms with Crippen LogP contribution in [0.3, 0.4) is 0 Å². The molecule has 6 heteroatoms. The second-order valence-electron chi connectivity index (χ2n) is 4.78. The molecule has 3 rings (SSSR count). The van der Waals surface area contributed by atoms with Gasteiger partial charge >= 0.3 is 0 Å². The van der Waals surface area contributed by atoms with Crippen molar-refractivity contribution in [3.8, 4) is 0 Å². The highest BCUT2D eigenvalue weighted by Crippen LogP contribution is 2.15. The lowest BCUT2D eigenvalue weighted by Crippen LogP contribution is -2.11. The highest BCUT2D eigenvalue weighted by Gasteiger charge is 2.04. The van der Waals surface area contributed by atoms with E-state index in [-0.39, 0.29) is 5.91 Å². The Kier molecular flexibility index (Phi) is 3.88. The topological polar surface area (TPSA) is 98.2 Å². The number of nitrogens with one attached hydrogen (secondary N) is 1. The summed E-state index contributed by atoms with van der Waals surface area (Å²) in [5, 5.41) is 2.66. The van der Waals surface area contributed by atoms with Gasteiger partial charge in [0.2, 0.25) is 17.7 Å². The summed E-state index contributed by atoms with van der Waals surface area (Å²) in [7, 11) is 0. The van der Waals surface area contributed by atoms with Crippen molar-refractivity contribution in [2.24, 2.45) is 5.73 Å². The number of rotatable bonds is 4. The van der Waals surface area contributed by atoms with Crippen LogP contribution in [0.4, 0.5) is 5.69 Å². The van der Waals surface area contributed by atoms with Crippen molar-refractivity contribution in [3.63, 3.8) is 0 Å². The van der Waals surface area contributed by atoms with E-state index in [1.807, 2.05) is 18.2 Å². The molecule has 23 heavy (non-hydrogen) atoms. The van der Waals surface area contributed by atoms with Crippen molar-refractivity contribution in [2.75, 3.05) is 5.32 Å². The second-order valence-corrected chi connectivity index (χ2v) is 4.78. The van der Waals surface area contributed by atoms with Crippen LogP contribution in [-0.2, 0) is 4.79 Å². The number of nitrogens with zero attached hydrogens (tertiary/aromatic N) is 1. The predicted molar refractivity (Wildman–Crippen MR) is 86.6 cm³/mol. The van der Waals surface area contributed by atoms with E-state index in [0.29, 0.717) is 22.7 Å². The normalized spacial score (nSPS) is 11.0. The molecule has 0 radical (unpaired) electrons. The standard InChI is InChI=1S/C17H13N3O3/c18-17(22)11-5-7-12(8-6-11)19-15(21)9-10-16-20-13-3-1-2-4-14(13)23-16/h1-10H,(H2,18,22)(H,19,21)/b10-9+. The molecule has 114 valence electrons. The zero-order valence-corrected chi connectivity index (χ0v) is 12.0. The number of oxazole rings is 1. The maximum absolute atomic E-state index is 11.9. The Balaban J connectivity index is 1.67. The number of anilines is 1. The first-order valence-corrected chi connectivity index (χ1v) is 6.86. The summed E-state index contributed by atoms with van der Waals surface area (Å²) >= 11 is 0. The summed E-state index contributed by atoms with van der Waals surface area (Å²) in [6.07, 6.45) is 2.82. The number of benzene rings is 2. The number of hydrogen-bond acceptors (Lipinski definition) is 4. The van der Waals surface area contributed by atoms with Crippen LogP contribution in [0, 0.1) is 0 Å². The van der Waals surface area contributed by atoms with Crippen molar-refractivity contribution >= 4 is 34.7 Å². The number of carbonyl (C=O) groups excluding carboxylic acids is 2. The fourth-order valence-electron chi connectivity index (χ4n) is 2.01. The number of primary amides is 1. The van der Waals surface area contributed by atoms with E-state index in [4.69, 9.17) is 10.2 Å². The lowest BCUT2D eigenvalue weighted by atomic mass is 10.2. The number of fused-ring (bicyclic) bond motifs is 1. The third kappa shape index (κ3) is 3.44. The van der Waals surface area contributed by atoms with Gasteiger partial charge in [0.05, 0.1) is 0 Å². The van der Waals surface area contributed by atoms with Gasteiger partial charge in [-0.05, 0) is 36.4 Å². The average Bonchev–Trinajstić information content (AvgIpc) is 2.96. The molecule has 0 spiro atoms. The molecule has 0 bridgehead atoms. The largest absolute Gasteiger partial charge is 0.437 e. The first kappa shape index (κ1) is 14.5. The Morgan fingerprint density at radius 1 is 1.09 bits per heavy atom. The van der Waals surface area contributed by atoms with Crippen LogP contribution in [0.25, 0.3) is 17.2 Å². The number of carbonyl (C=O) groups is 2. The first-order chi connectivity index (χ1) is 11.1. The van der Waals surface area contributed by atoms with Gasteiger partial charge in [-0.2, -0.15) is 0 Å². The minimum Gasteiger partial charge on any atom is -0.437 e. The Morgan fingerprint density at radius 3 is 2.52 bits per heavy atom. The zero-order chi connectivity index (χ0) is 16.2. The minimum absolute atomic E-state index is 0.334. The number of hydrogen-bond donors (Lipinski definition) is 2. The first-order valence-electron chi connectivity index (χ1n) is 6.86. The predicted octanol–water partition coefficient (Wildman–Crippen LogP) is 2.58. The molecule has 0 saturated heterocycles. The van der Waals surface area contributed by atoms with Crippen molar-refractivity contribution in [3.05, 3.63) is 66.1 Å². The third-order valence-electron chi connectivity index (χ3n) is 3.12. The van der Waals surface area contributed by atoms with Gasteiger partial charge in [0.15, 0.2) is 5.58 Å². The maximum Gasteiger partial charge on any atom is 0.248 e. The van der Waals surface area contributed by atoms with E-state index >= 15 is 0 Å². The van der Waals surface area contributed by atoms with Crippen molar-refractivity contribution in [1.29, 1.82) is 0 Å². The van der Waals surface area contributed by atoms with Crippen LogP contribution in [0.1, 0.15) is 16.2 Å². The molecular formula is C17H13N3O3. The molecule has 0 aliphatic carbocycles. The molecule has 0 aliphatic rings. The Bertz CT molecular complexity index is 862. The third-order valence-corrected chi connectivity index (χ3v) is 3.12. The van der Waals surface area contributed by atoms with Crippen molar-refractivity contribution < 1.29 is 14.0 Å². The maximum atomic E-state index is 11.9. The summed E-state index contributed by atoms with van der Waals surface area (Å²) in [6, 6.07) is 13.6. The molecule has 6 nitrogen and oxygen atoms in total. The summed E-state index contributed by atoms with van der Waals surface area (Å²) in [4.78, 5) is 27.1. The van der Waals surface area contributed by atoms with Gasteiger partial charge in [-0.25, -0.2) is 4.98 Å². The molecule has 1 heterocycles. The van der Waals surface area contributed by atoms with Gasteiger partial charge in [0, 0.05) is 23.4 Å². The summed E-state index contributed by atoms with van der Waals surface area (Å²) < 4.78 is 5.48. The van der Waals surface area contributed by atoms with Crippen LogP contribution < -0.4 is 11.1 Å². The average molecular weight is 307 g/mol. The van der Waals surface area contributed by atoms with Crippen LogP contribution in [0.5, 0.6) is 0 Å². The molecule has 2 aromatic carbocycles. The molecule has 0 unspecified atom stereocenters. The van der Waals surface area contributed by atoms with Crippen LogP contribution in [0.15, 0.2) is 59.0 Å². The lowest BCUT2D eigenvalue weighted by Gasteiger charge is -2.02. The van der Waals surface area contributed by atoms with E-state index in [9.17, 15) is 9.59 Å². The molecule has 0 saturated carbocycles. The Morgan fingerprint density at radius 2 is 1.83 bits per heavy atom. The molecule has 3 aromatic rings. The fourth-order valence-corrected chi connectivity index (χ4v) is 2.01. The smallest absolute Gasteiger partial charge is 0.248 e. The number of amides is 2. The van der Waals surface area contributed by atoms with E-state index in [1.165, 1.54) is 12.2 Å². The number of para-hydroxylation sites is 2. The van der Waals surface area contributed by atoms with Crippen LogP contribution in [-0.4, -0.2) is 16.8 Å². The highest BCUT2D eigenvalue weighted by molar-refractivity contribution is 6.02. The van der Waals surface area contributed by atoms with E-state index in [0.717, 1.165) is 5.52 Å². The van der Waals surface area contributed by atoms with Gasteiger partial charge in [-0.15, -0.1) is 0 Å². The molecule has 3 N–H and O–H groups in total. The molecule has 2 amide bonds. The Labute approximate surface area is 131 Å². The van der Waals surface area contributed by atoms with E-state index in [2.05, 4.69) is 10.3 Å². The van der Waals surface area contributed by atoms with E-state index < -0.39 is 5.91 Å². The van der Waals surface area contributed by atoms with Crippen molar-refractivity contribution in [1.82, 2.24) is 4.98 Å². The van der Waals surface area contributed by atoms with Gasteiger partial charge in [-0.1, -0.05) is 12.1 Å². The summed E-state index contributed by atoms with van der Waals surface area (Å²) in [5.74, 6) is -0.497. The Hall–Kier alpha value is -3.41. The summed E-state index contributed by atoms with van der Waals surface area (Å²) in [6.45, 7) is 0. The monoisotopic (exact) mass is 307 g/mol. The van der Waals surface area contributed by atoms with Gasteiger partial charge < -0.3 is 15.5 Å². The second kappa shape index (κ2) is 6.15. The van der Waals surface area contributed by atoms with Gasteiger partial charge in [-0.3, -0.25) is 9.59 Å².